The van der Waals surface area contributed by atoms with Crippen molar-refractivity contribution in [3.63, 3.8) is 0 Å². The topological polar surface area (TPSA) is 59.0 Å². The highest BCUT2D eigenvalue weighted by molar-refractivity contribution is 5.82. The van der Waals surface area contributed by atoms with E-state index in [0.29, 0.717) is 0 Å². The van der Waals surface area contributed by atoms with Crippen LogP contribution in [0.15, 0.2) is 12.2 Å². The fourth-order valence-electron chi connectivity index (χ4n) is 2.63. The van der Waals surface area contributed by atoms with Crippen LogP contribution >= 0.6 is 0 Å². The van der Waals surface area contributed by atoms with Crippen molar-refractivity contribution in [2.24, 2.45) is 11.8 Å². The van der Waals surface area contributed by atoms with Gasteiger partial charge in [0.05, 0.1) is 31.2 Å². The van der Waals surface area contributed by atoms with Gasteiger partial charge in [-0.15, -0.1) is 0 Å². The molecule has 1 amide bonds. The number of fused-ring (bicyclic) bond motifs is 5. The molecule has 76 valence electrons. The van der Waals surface area contributed by atoms with E-state index in [9.17, 15) is 9.90 Å². The van der Waals surface area contributed by atoms with Crippen molar-refractivity contribution < 1.29 is 19.5 Å². The third kappa shape index (κ3) is 0.778. The molecule has 2 saturated heterocycles. The van der Waals surface area contributed by atoms with Gasteiger partial charge in [0.25, 0.3) is 5.91 Å². The van der Waals surface area contributed by atoms with Crippen molar-refractivity contribution in [1.82, 2.24) is 5.06 Å². The lowest BCUT2D eigenvalue weighted by atomic mass is 9.85. The summed E-state index contributed by atoms with van der Waals surface area (Å²) in [7, 11) is 1.39. The monoisotopic (exact) mass is 197 g/mol. The molecule has 0 saturated carbocycles. The Balaban J connectivity index is 1.97. The van der Waals surface area contributed by atoms with Crippen molar-refractivity contribution in [3.8, 4) is 0 Å². The predicted octanol–water partition coefficient (Wildman–Crippen LogP) is -0.722. The minimum Gasteiger partial charge on any atom is -0.371 e. The van der Waals surface area contributed by atoms with Gasteiger partial charge in [-0.3, -0.25) is 9.63 Å². The molecular formula is C9H11NO4. The molecule has 3 rings (SSSR count). The van der Waals surface area contributed by atoms with Crippen molar-refractivity contribution >= 4 is 5.91 Å². The van der Waals surface area contributed by atoms with E-state index in [1.165, 1.54) is 7.11 Å². The number of carbonyl (C=O) groups is 1. The standard InChI is InChI=1S/C9H11NO4/c1-13-10-8(11)6-4-2-3-5(14-4)7(6)9(10)12/h2-8,11H,1H3. The SMILES string of the molecule is CON1C(=O)C2C3C=CC(O3)C2C1O. The first-order chi connectivity index (χ1) is 6.74. The maximum atomic E-state index is 11.7. The summed E-state index contributed by atoms with van der Waals surface area (Å²) in [4.78, 5) is 16.6. The van der Waals surface area contributed by atoms with E-state index in [1.807, 2.05) is 12.2 Å². The lowest BCUT2D eigenvalue weighted by Gasteiger charge is -2.21. The molecule has 5 unspecified atom stereocenters. The summed E-state index contributed by atoms with van der Waals surface area (Å²) in [5.74, 6) is -0.612. The van der Waals surface area contributed by atoms with Crippen LogP contribution in [-0.2, 0) is 14.4 Å². The summed E-state index contributed by atoms with van der Waals surface area (Å²) in [5.41, 5.74) is 0. The Hall–Kier alpha value is -0.910. The maximum absolute atomic E-state index is 11.7. The summed E-state index contributed by atoms with van der Waals surface area (Å²) < 4.78 is 5.50. The molecule has 0 aromatic rings. The number of hydrogen-bond donors (Lipinski definition) is 1. The molecule has 5 atom stereocenters. The number of hydroxylamine groups is 2. The minimum atomic E-state index is -0.877. The molecule has 2 fully saturated rings. The molecule has 0 radical (unpaired) electrons. The molecule has 5 nitrogen and oxygen atoms in total. The van der Waals surface area contributed by atoms with Gasteiger partial charge in [-0.1, -0.05) is 12.2 Å². The predicted molar refractivity (Wildman–Crippen MR) is 44.6 cm³/mol. The zero-order chi connectivity index (χ0) is 9.87. The average Bonchev–Trinajstić information content (AvgIpc) is 2.80. The first-order valence-corrected chi connectivity index (χ1v) is 4.63. The van der Waals surface area contributed by atoms with Crippen LogP contribution in [0.25, 0.3) is 0 Å². The van der Waals surface area contributed by atoms with Crippen molar-refractivity contribution in [1.29, 1.82) is 0 Å². The molecule has 1 N–H and O–H groups in total. The van der Waals surface area contributed by atoms with E-state index in [-0.39, 0.29) is 30.0 Å². The van der Waals surface area contributed by atoms with Gasteiger partial charge < -0.3 is 9.84 Å². The quantitative estimate of drug-likeness (QED) is 0.563. The van der Waals surface area contributed by atoms with Crippen LogP contribution in [0.3, 0.4) is 0 Å². The minimum absolute atomic E-state index is 0.135. The van der Waals surface area contributed by atoms with E-state index < -0.39 is 6.23 Å². The number of aliphatic hydroxyl groups is 1. The Kier molecular flexibility index (Phi) is 1.54. The Labute approximate surface area is 80.8 Å². The summed E-state index contributed by atoms with van der Waals surface area (Å²) in [5, 5.41) is 10.9. The Morgan fingerprint density at radius 3 is 2.86 bits per heavy atom. The number of aliphatic hydroxyl groups excluding tert-OH is 1. The second kappa shape index (κ2) is 2.56. The van der Waals surface area contributed by atoms with Crippen molar-refractivity contribution in [3.05, 3.63) is 12.2 Å². The molecule has 5 heteroatoms. The molecule has 0 aromatic heterocycles. The lowest BCUT2D eigenvalue weighted by Crippen LogP contribution is -2.37. The first-order valence-electron chi connectivity index (χ1n) is 4.63. The van der Waals surface area contributed by atoms with Gasteiger partial charge in [-0.05, 0) is 0 Å². The van der Waals surface area contributed by atoms with Crippen LogP contribution in [0.5, 0.6) is 0 Å². The van der Waals surface area contributed by atoms with E-state index >= 15 is 0 Å². The summed E-state index contributed by atoms with van der Waals surface area (Å²) in [6, 6.07) is 0. The third-order valence-corrected chi connectivity index (χ3v) is 3.24. The largest absolute Gasteiger partial charge is 0.371 e. The number of nitrogens with zero attached hydrogens (tertiary/aromatic N) is 1. The van der Waals surface area contributed by atoms with Gasteiger partial charge in [0.2, 0.25) is 0 Å². The van der Waals surface area contributed by atoms with Crippen molar-refractivity contribution in [2.45, 2.75) is 18.4 Å². The van der Waals surface area contributed by atoms with Gasteiger partial charge in [0.1, 0.15) is 0 Å². The molecule has 0 spiro atoms. The van der Waals surface area contributed by atoms with E-state index in [0.717, 1.165) is 5.06 Å². The number of ether oxygens (including phenoxy) is 1. The van der Waals surface area contributed by atoms with Gasteiger partial charge >= 0.3 is 0 Å². The zero-order valence-electron chi connectivity index (χ0n) is 7.66. The van der Waals surface area contributed by atoms with Gasteiger partial charge in [-0.25, -0.2) is 0 Å². The maximum Gasteiger partial charge on any atom is 0.255 e. The molecule has 0 aliphatic carbocycles. The summed E-state index contributed by atoms with van der Waals surface area (Å²) >= 11 is 0. The third-order valence-electron chi connectivity index (χ3n) is 3.24. The van der Waals surface area contributed by atoms with E-state index in [4.69, 9.17) is 9.57 Å². The lowest BCUT2D eigenvalue weighted by molar-refractivity contribution is -0.215. The molecule has 2 bridgehead atoms. The van der Waals surface area contributed by atoms with Gasteiger partial charge in [-0.2, -0.15) is 5.06 Å². The second-order valence-corrected chi connectivity index (χ2v) is 3.81. The highest BCUT2D eigenvalue weighted by atomic mass is 16.7. The van der Waals surface area contributed by atoms with Crippen LogP contribution < -0.4 is 0 Å². The van der Waals surface area contributed by atoms with Crippen LogP contribution in [-0.4, -0.2) is 41.6 Å². The summed E-state index contributed by atoms with van der Waals surface area (Å²) in [6.07, 6.45) is 2.60. The van der Waals surface area contributed by atoms with Gasteiger partial charge in [0, 0.05) is 0 Å². The Morgan fingerprint density at radius 2 is 2.21 bits per heavy atom. The van der Waals surface area contributed by atoms with Crippen LogP contribution in [0.1, 0.15) is 0 Å². The molecular weight excluding hydrogens is 186 g/mol. The highest BCUT2D eigenvalue weighted by Crippen LogP contribution is 2.46. The van der Waals surface area contributed by atoms with Crippen LogP contribution in [0.2, 0.25) is 0 Å². The Bertz CT molecular complexity index is 316. The number of hydrogen-bond acceptors (Lipinski definition) is 4. The number of carbonyl (C=O) groups excluding carboxylic acids is 1. The first kappa shape index (κ1) is 8.40. The molecule has 0 aromatic carbocycles. The Morgan fingerprint density at radius 1 is 1.50 bits per heavy atom. The summed E-state index contributed by atoms with van der Waals surface area (Å²) in [6.45, 7) is 0. The zero-order valence-corrected chi connectivity index (χ0v) is 7.66. The number of amides is 1. The fourth-order valence-corrected chi connectivity index (χ4v) is 2.63. The fraction of sp³-hybridized carbons (Fsp3) is 0.667. The second-order valence-electron chi connectivity index (χ2n) is 3.81. The average molecular weight is 197 g/mol. The van der Waals surface area contributed by atoms with E-state index in [1.54, 1.807) is 0 Å². The smallest absolute Gasteiger partial charge is 0.255 e. The number of rotatable bonds is 1. The molecule has 3 aliphatic heterocycles. The highest BCUT2D eigenvalue weighted by Gasteiger charge is 2.60. The van der Waals surface area contributed by atoms with Crippen LogP contribution in [0.4, 0.5) is 0 Å². The normalized spacial score (nSPS) is 49.1. The van der Waals surface area contributed by atoms with Crippen molar-refractivity contribution in [2.75, 3.05) is 7.11 Å². The van der Waals surface area contributed by atoms with Crippen LogP contribution in [0, 0.1) is 11.8 Å². The molecule has 3 aliphatic rings. The molecule has 14 heavy (non-hydrogen) atoms. The van der Waals surface area contributed by atoms with Gasteiger partial charge in [0.15, 0.2) is 6.23 Å². The molecule has 3 heterocycles. The van der Waals surface area contributed by atoms with E-state index in [2.05, 4.69) is 0 Å².